The van der Waals surface area contributed by atoms with Gasteiger partial charge in [-0.1, -0.05) is 20.8 Å². The molecule has 0 aromatic rings. The Kier molecular flexibility index (Phi) is 7.81. The molecule has 0 aliphatic carbocycles. The molecule has 82 valence electrons. The van der Waals surface area contributed by atoms with Gasteiger partial charge in [0.25, 0.3) is 0 Å². The van der Waals surface area contributed by atoms with Gasteiger partial charge in [-0.3, -0.25) is 9.59 Å². The van der Waals surface area contributed by atoms with Gasteiger partial charge in [0.15, 0.2) is 5.78 Å². The maximum Gasteiger partial charge on any atom is 0.231 e. The van der Waals surface area contributed by atoms with Crippen LogP contribution in [-0.4, -0.2) is 11.7 Å². The minimum Gasteiger partial charge on any atom is -0.369 e. The largest absolute Gasteiger partial charge is 0.369 e. The lowest BCUT2D eigenvalue weighted by Gasteiger charge is -2.13. The monoisotopic (exact) mass is 209 g/mol. The molecule has 2 N–H and O–H groups in total. The zero-order valence-corrected chi connectivity index (χ0v) is 9.20. The zero-order valence-electron chi connectivity index (χ0n) is 9.20. The molecule has 0 aliphatic rings. The first-order valence-corrected chi connectivity index (χ1v) is 4.31. The summed E-state index contributed by atoms with van der Waals surface area (Å²) in [6.07, 6.45) is -0.149. The first-order valence-electron chi connectivity index (χ1n) is 4.31. The van der Waals surface area contributed by atoms with Crippen molar-refractivity contribution in [3.05, 3.63) is 0 Å². The SMILES string of the molecule is CC(C)(C)C(=O)CC#N.N#CCC(N)=O. The van der Waals surface area contributed by atoms with Gasteiger partial charge in [-0.15, -0.1) is 0 Å². The number of nitrogens with two attached hydrogens (primary N) is 1. The number of primary amides is 1. The van der Waals surface area contributed by atoms with E-state index < -0.39 is 5.91 Å². The fourth-order valence-corrected chi connectivity index (χ4v) is 0.415. The van der Waals surface area contributed by atoms with Crippen LogP contribution >= 0.6 is 0 Å². The van der Waals surface area contributed by atoms with Crippen molar-refractivity contribution in [2.24, 2.45) is 11.1 Å². The summed E-state index contributed by atoms with van der Waals surface area (Å²) < 4.78 is 0. The molecule has 0 radical (unpaired) electrons. The predicted molar refractivity (Wildman–Crippen MR) is 54.1 cm³/mol. The molecular weight excluding hydrogens is 194 g/mol. The molecule has 0 saturated heterocycles. The van der Waals surface area contributed by atoms with Gasteiger partial charge in [-0.05, 0) is 0 Å². The third-order valence-corrected chi connectivity index (χ3v) is 1.33. The van der Waals surface area contributed by atoms with Crippen molar-refractivity contribution in [1.29, 1.82) is 10.5 Å². The van der Waals surface area contributed by atoms with E-state index in [0.717, 1.165) is 0 Å². The molecule has 0 saturated carbocycles. The number of rotatable bonds is 2. The Labute approximate surface area is 89.5 Å². The first-order chi connectivity index (χ1) is 6.75. The van der Waals surface area contributed by atoms with Crippen molar-refractivity contribution in [2.45, 2.75) is 33.6 Å². The molecule has 0 spiro atoms. The van der Waals surface area contributed by atoms with Gasteiger partial charge in [-0.25, -0.2) is 0 Å². The smallest absolute Gasteiger partial charge is 0.231 e. The second kappa shape index (κ2) is 7.52. The topological polar surface area (TPSA) is 108 Å². The predicted octanol–water partition coefficient (Wildman–Crippen LogP) is 0.901. The Balaban J connectivity index is 0. The lowest BCUT2D eigenvalue weighted by atomic mass is 9.89. The van der Waals surface area contributed by atoms with Crippen molar-refractivity contribution < 1.29 is 9.59 Å². The molecule has 15 heavy (non-hydrogen) atoms. The van der Waals surface area contributed by atoms with E-state index in [-0.39, 0.29) is 24.0 Å². The van der Waals surface area contributed by atoms with Crippen LogP contribution in [0.25, 0.3) is 0 Å². The fraction of sp³-hybridized carbons (Fsp3) is 0.600. The van der Waals surface area contributed by atoms with E-state index >= 15 is 0 Å². The van der Waals surface area contributed by atoms with Crippen LogP contribution < -0.4 is 5.73 Å². The van der Waals surface area contributed by atoms with Crippen LogP contribution in [0.3, 0.4) is 0 Å². The number of ketones is 1. The van der Waals surface area contributed by atoms with Gasteiger partial charge >= 0.3 is 0 Å². The van der Waals surface area contributed by atoms with E-state index in [1.165, 1.54) is 0 Å². The molecule has 0 bridgehead atoms. The van der Waals surface area contributed by atoms with Crippen molar-refractivity contribution in [1.82, 2.24) is 0 Å². The van der Waals surface area contributed by atoms with Crippen molar-refractivity contribution in [3.63, 3.8) is 0 Å². The van der Waals surface area contributed by atoms with Crippen molar-refractivity contribution >= 4 is 11.7 Å². The summed E-state index contributed by atoms with van der Waals surface area (Å²) in [5.41, 5.74) is 4.19. The Morgan fingerprint density at radius 2 is 1.53 bits per heavy atom. The maximum atomic E-state index is 10.8. The minimum absolute atomic E-state index is 0.00463. The van der Waals surface area contributed by atoms with Crippen LogP contribution in [0.5, 0.6) is 0 Å². The number of carbonyl (C=O) groups excluding carboxylic acids is 2. The number of amides is 1. The second-order valence-electron chi connectivity index (χ2n) is 3.81. The van der Waals surface area contributed by atoms with Crippen LogP contribution in [0.4, 0.5) is 0 Å². The Morgan fingerprint density at radius 3 is 1.60 bits per heavy atom. The molecule has 0 heterocycles. The highest BCUT2D eigenvalue weighted by molar-refractivity contribution is 5.85. The van der Waals surface area contributed by atoms with Gasteiger partial charge in [0.05, 0.1) is 18.6 Å². The molecule has 5 heteroatoms. The highest BCUT2D eigenvalue weighted by atomic mass is 16.1. The number of carbonyl (C=O) groups is 2. The van der Waals surface area contributed by atoms with Gasteiger partial charge in [0, 0.05) is 5.41 Å². The highest BCUT2D eigenvalue weighted by Gasteiger charge is 2.19. The van der Waals surface area contributed by atoms with Crippen molar-refractivity contribution in [2.75, 3.05) is 0 Å². The summed E-state index contributed by atoms with van der Waals surface area (Å²) in [7, 11) is 0. The normalized spacial score (nSPS) is 8.87. The summed E-state index contributed by atoms with van der Waals surface area (Å²) in [5.74, 6) is -0.567. The average Bonchev–Trinajstić information content (AvgIpc) is 2.03. The number of Topliss-reactive ketones (excluding diaryl/α,β-unsaturated/α-hetero) is 1. The molecule has 0 atom stereocenters. The van der Waals surface area contributed by atoms with Gasteiger partial charge in [0.2, 0.25) is 5.91 Å². The zero-order chi connectivity index (χ0) is 12.5. The van der Waals surface area contributed by atoms with Crippen LogP contribution in [0.2, 0.25) is 0 Å². The Bertz CT molecular complexity index is 302. The summed E-state index contributed by atoms with van der Waals surface area (Å²) >= 11 is 0. The van der Waals surface area contributed by atoms with E-state index in [9.17, 15) is 9.59 Å². The Hall–Kier alpha value is -1.88. The van der Waals surface area contributed by atoms with Crippen LogP contribution in [-0.2, 0) is 9.59 Å². The average molecular weight is 209 g/mol. The van der Waals surface area contributed by atoms with Gasteiger partial charge in [-0.2, -0.15) is 10.5 Å². The Morgan fingerprint density at radius 1 is 1.13 bits per heavy atom. The van der Waals surface area contributed by atoms with E-state index in [2.05, 4.69) is 5.73 Å². The van der Waals surface area contributed by atoms with Crippen LogP contribution in [0, 0.1) is 28.1 Å². The number of hydrogen-bond acceptors (Lipinski definition) is 4. The summed E-state index contributed by atoms with van der Waals surface area (Å²) in [4.78, 5) is 20.4. The molecule has 5 nitrogen and oxygen atoms in total. The minimum atomic E-state index is -0.572. The van der Waals surface area contributed by atoms with Gasteiger partial charge in [0.1, 0.15) is 6.42 Å². The summed E-state index contributed by atoms with van der Waals surface area (Å²) in [6, 6.07) is 3.42. The summed E-state index contributed by atoms with van der Waals surface area (Å²) in [6.45, 7) is 5.44. The number of nitriles is 2. The van der Waals surface area contributed by atoms with Gasteiger partial charge < -0.3 is 5.73 Å². The van der Waals surface area contributed by atoms with E-state index in [0.29, 0.717) is 0 Å². The number of nitrogens with zero attached hydrogens (tertiary/aromatic N) is 2. The van der Waals surface area contributed by atoms with Crippen molar-refractivity contribution in [3.8, 4) is 12.1 Å². The molecule has 0 unspecified atom stereocenters. The molecule has 0 aromatic heterocycles. The number of hydrogen-bond donors (Lipinski definition) is 1. The van der Waals surface area contributed by atoms with E-state index in [1.54, 1.807) is 6.07 Å². The maximum absolute atomic E-state index is 10.8. The lowest BCUT2D eigenvalue weighted by Crippen LogP contribution is -2.18. The molecular formula is C10H15N3O2. The molecule has 0 rings (SSSR count). The highest BCUT2D eigenvalue weighted by Crippen LogP contribution is 2.15. The quantitative estimate of drug-likeness (QED) is 0.728. The van der Waals surface area contributed by atoms with Crippen LogP contribution in [0.15, 0.2) is 0 Å². The second-order valence-corrected chi connectivity index (χ2v) is 3.81. The molecule has 0 fully saturated rings. The molecule has 1 amide bonds. The van der Waals surface area contributed by atoms with E-state index in [4.69, 9.17) is 10.5 Å². The molecule has 0 aromatic carbocycles. The third-order valence-electron chi connectivity index (χ3n) is 1.33. The van der Waals surface area contributed by atoms with E-state index in [1.807, 2.05) is 26.8 Å². The third kappa shape index (κ3) is 12.1. The lowest BCUT2D eigenvalue weighted by molar-refractivity contribution is -0.125. The summed E-state index contributed by atoms with van der Waals surface area (Å²) in [5, 5.41) is 15.8. The standard InChI is InChI=1S/C7H11NO.C3H4N2O/c1-7(2,3)6(9)4-5-8;4-2-1-3(5)6/h4H2,1-3H3;1H2,(H2,5,6). The first kappa shape index (κ1) is 15.6. The fourth-order valence-electron chi connectivity index (χ4n) is 0.415. The van der Waals surface area contributed by atoms with Crippen LogP contribution in [0.1, 0.15) is 33.6 Å². The molecule has 0 aliphatic heterocycles.